The number of carbonyl (C=O) groups excluding carboxylic acids is 1. The summed E-state index contributed by atoms with van der Waals surface area (Å²) >= 11 is 2.28. The molecule has 1 aliphatic carbocycles. The van der Waals surface area contributed by atoms with Crippen molar-refractivity contribution in [1.29, 1.82) is 0 Å². The zero-order valence-corrected chi connectivity index (χ0v) is 37.5. The van der Waals surface area contributed by atoms with E-state index in [2.05, 4.69) is 94.7 Å². The fourth-order valence-corrected chi connectivity index (χ4v) is 15.9. The lowest BCUT2D eigenvalue weighted by atomic mass is 9.67. The van der Waals surface area contributed by atoms with Gasteiger partial charge in [-0.05, 0) is 102 Å². The van der Waals surface area contributed by atoms with E-state index in [-0.39, 0.29) is 11.3 Å². The Kier molecular flexibility index (Phi) is 12.6. The maximum Gasteiger partial charge on any atom is 0.405 e. The van der Waals surface area contributed by atoms with Crippen molar-refractivity contribution in [3.05, 3.63) is 39.0 Å². The highest BCUT2D eigenvalue weighted by Crippen LogP contribution is 2.56. The average molecular weight is 864 g/mol. The molecule has 5 rings (SSSR count). The van der Waals surface area contributed by atoms with Crippen molar-refractivity contribution >= 4 is 62.1 Å². The predicted octanol–water partition coefficient (Wildman–Crippen LogP) is 9.02. The van der Waals surface area contributed by atoms with Gasteiger partial charge in [0.1, 0.15) is 23.5 Å². The van der Waals surface area contributed by atoms with Gasteiger partial charge in [-0.25, -0.2) is 19.4 Å². The van der Waals surface area contributed by atoms with Gasteiger partial charge >= 0.3 is 6.09 Å². The van der Waals surface area contributed by atoms with Crippen molar-refractivity contribution in [2.75, 3.05) is 24.6 Å². The van der Waals surface area contributed by atoms with Crippen molar-refractivity contribution < 1.29 is 18.7 Å². The van der Waals surface area contributed by atoms with Crippen LogP contribution < -0.4 is 10.6 Å². The van der Waals surface area contributed by atoms with E-state index in [9.17, 15) is 4.79 Å². The summed E-state index contributed by atoms with van der Waals surface area (Å²) in [7, 11) is -3.41. The molecule has 0 radical (unpaired) electrons. The van der Waals surface area contributed by atoms with Crippen LogP contribution in [0, 0.1) is 9.12 Å². The number of fused-ring (bicyclic) bond motifs is 2. The van der Waals surface area contributed by atoms with Crippen LogP contribution >= 0.6 is 22.6 Å². The summed E-state index contributed by atoms with van der Waals surface area (Å²) < 4.78 is 21.6. The summed E-state index contributed by atoms with van der Waals surface area (Å²) in [6.07, 6.45) is 4.64. The molecule has 14 heteroatoms. The number of hydrogen-bond acceptors (Lipinski definition) is 9. The van der Waals surface area contributed by atoms with Crippen LogP contribution in [-0.2, 0) is 33.7 Å². The Hall–Kier alpha value is -2.15. The lowest BCUT2D eigenvalue weighted by Gasteiger charge is -2.45. The number of hydrogen-bond donors (Lipinski definition) is 1. The van der Waals surface area contributed by atoms with Gasteiger partial charge in [0, 0.05) is 45.6 Å². The van der Waals surface area contributed by atoms with Crippen molar-refractivity contribution in [3.8, 4) is 0 Å². The molecule has 1 amide bonds. The molecule has 0 saturated carbocycles. The molecule has 52 heavy (non-hydrogen) atoms. The van der Waals surface area contributed by atoms with Crippen LogP contribution in [0.2, 0.25) is 42.3 Å². The van der Waals surface area contributed by atoms with Gasteiger partial charge in [0.2, 0.25) is 8.32 Å². The third kappa shape index (κ3) is 8.71. The first-order chi connectivity index (χ1) is 24.3. The first kappa shape index (κ1) is 41.0. The Balaban J connectivity index is 1.49. The monoisotopic (exact) mass is 863 g/mol. The molecule has 1 fully saturated rings. The van der Waals surface area contributed by atoms with Gasteiger partial charge < -0.3 is 24.5 Å². The molecule has 2 N–H and O–H groups in total. The van der Waals surface area contributed by atoms with Crippen molar-refractivity contribution in [1.82, 2.24) is 24.7 Å². The van der Waals surface area contributed by atoms with Crippen molar-refractivity contribution in [3.63, 3.8) is 0 Å². The molecule has 288 valence electrons. The number of primary amides is 1. The third-order valence-corrected chi connectivity index (χ3v) is 20.1. The summed E-state index contributed by atoms with van der Waals surface area (Å²) in [4.78, 5) is 29.8. The van der Waals surface area contributed by atoms with Crippen molar-refractivity contribution in [2.24, 2.45) is 11.1 Å². The number of nitrogens with two attached hydrogens (primary N) is 1. The van der Waals surface area contributed by atoms with Gasteiger partial charge in [-0.1, -0.05) is 67.2 Å². The first-order valence-corrected chi connectivity index (χ1v) is 26.0. The molecule has 1 aliphatic heterocycles. The van der Waals surface area contributed by atoms with E-state index >= 15 is 0 Å². The molecule has 3 aromatic heterocycles. The van der Waals surface area contributed by atoms with Gasteiger partial charge in [-0.15, -0.1) is 0 Å². The minimum absolute atomic E-state index is 0.0178. The lowest BCUT2D eigenvalue weighted by Crippen LogP contribution is -2.48. The Morgan fingerprint density at radius 2 is 1.73 bits per heavy atom. The molecular weight excluding hydrogens is 802 g/mol. The summed E-state index contributed by atoms with van der Waals surface area (Å²) in [5.41, 5.74) is 11.0. The second-order valence-corrected chi connectivity index (χ2v) is 30.0. The first-order valence-electron chi connectivity index (χ1n) is 19.1. The van der Waals surface area contributed by atoms with Crippen LogP contribution in [0.5, 0.6) is 0 Å². The number of anilines is 1. The van der Waals surface area contributed by atoms with Gasteiger partial charge in [0.15, 0.2) is 15.2 Å². The lowest BCUT2D eigenvalue weighted by molar-refractivity contribution is 0.0165. The van der Waals surface area contributed by atoms with Crippen LogP contribution in [-0.4, -0.2) is 72.5 Å². The fourth-order valence-electron chi connectivity index (χ4n) is 9.15. The molecule has 1 spiro atoms. The van der Waals surface area contributed by atoms with Crippen LogP contribution in [0.15, 0.2) is 18.3 Å². The highest BCUT2D eigenvalue weighted by Gasteiger charge is 2.51. The fraction of sp³-hybridized carbons (Fsp3) is 0.711. The minimum atomic E-state index is -2.18. The summed E-state index contributed by atoms with van der Waals surface area (Å²) in [5.74, 6) is 1.02. The van der Waals surface area contributed by atoms with Crippen LogP contribution in [0.4, 0.5) is 10.6 Å². The third-order valence-electron chi connectivity index (χ3n) is 11.6. The van der Waals surface area contributed by atoms with Gasteiger partial charge in [0.05, 0.1) is 6.61 Å². The van der Waals surface area contributed by atoms with Gasteiger partial charge in [-0.2, -0.15) is 5.10 Å². The van der Waals surface area contributed by atoms with Gasteiger partial charge in [0.25, 0.3) is 0 Å². The Bertz CT molecular complexity index is 1700. The molecule has 0 aromatic carbocycles. The average Bonchev–Trinajstić information content (AvgIpc) is 3.50. The Labute approximate surface area is 326 Å². The van der Waals surface area contributed by atoms with E-state index < -0.39 is 28.1 Å². The number of pyridine rings is 1. The highest BCUT2D eigenvalue weighted by atomic mass is 127. The number of rotatable bonds is 15. The highest BCUT2D eigenvalue weighted by molar-refractivity contribution is 14.1. The predicted molar refractivity (Wildman–Crippen MR) is 222 cm³/mol. The number of amides is 1. The number of piperidine rings is 1. The largest absolute Gasteiger partial charge is 0.444 e. The number of carbonyl (C=O) groups is 1. The summed E-state index contributed by atoms with van der Waals surface area (Å²) in [6.45, 7) is 28.0. The number of halogens is 1. The van der Waals surface area contributed by atoms with E-state index in [4.69, 9.17) is 39.7 Å². The zero-order valence-electron chi connectivity index (χ0n) is 33.4. The summed E-state index contributed by atoms with van der Waals surface area (Å²) in [5, 5.41) is 4.85. The second kappa shape index (κ2) is 15.9. The number of nitrogens with zero attached hydrogens (tertiary/aromatic N) is 6. The maximum atomic E-state index is 11.8. The number of ether oxygens (including phenoxy) is 2. The smallest absolute Gasteiger partial charge is 0.405 e. The molecule has 2 aliphatic rings. The summed E-state index contributed by atoms with van der Waals surface area (Å²) in [6, 6.07) is 5.33. The SMILES string of the molecule is CC(C)[Si](OCc1nc2c(I)nn(COCC[Si](C)(C)C)c2nc1N1CCC2(CC1)Cc1cccnc1[C@H]2CC(C)(C)OC(N)=O)(C(C)C)C(C)C. The number of aromatic nitrogens is 5. The molecule has 4 heterocycles. The standard InChI is InChI=1S/C38H62IN7O4Si2/c1-25(2)52(26(3)4,27(5)6)49-23-30-34(43-35-32(42-30)33(39)44-46(35)24-48-19-20-51(9,10)11)45-17-14-38(15-18-45)21-28-13-12-16-41-31(28)29(38)22-37(7,8)50-36(40)47/h12-13,16,25-27,29H,14-15,17-24H2,1-11H3,(H2,40,47)/t29-/m1/s1. The van der Waals surface area contributed by atoms with E-state index in [0.717, 1.165) is 70.5 Å². The quantitative estimate of drug-likeness (QED) is 0.0904. The van der Waals surface area contributed by atoms with E-state index in [1.165, 1.54) is 5.56 Å². The van der Waals surface area contributed by atoms with E-state index in [0.29, 0.717) is 43.0 Å². The second-order valence-electron chi connectivity index (χ2n) is 17.9. The molecule has 11 nitrogen and oxygen atoms in total. The molecule has 1 atom stereocenters. The van der Waals surface area contributed by atoms with E-state index in [1.54, 1.807) is 0 Å². The van der Waals surface area contributed by atoms with Crippen LogP contribution in [0.3, 0.4) is 0 Å². The molecule has 3 aromatic rings. The van der Waals surface area contributed by atoms with Crippen LogP contribution in [0.1, 0.15) is 97.5 Å². The molecule has 1 saturated heterocycles. The minimum Gasteiger partial charge on any atom is -0.444 e. The Morgan fingerprint density at radius 1 is 1.08 bits per heavy atom. The van der Waals surface area contributed by atoms with E-state index in [1.807, 2.05) is 30.8 Å². The zero-order chi connectivity index (χ0) is 38.2. The van der Waals surface area contributed by atoms with Crippen LogP contribution in [0.25, 0.3) is 11.2 Å². The normalized spacial score (nSPS) is 18.0. The molecule has 0 bridgehead atoms. The maximum absolute atomic E-state index is 11.8. The van der Waals surface area contributed by atoms with Crippen molar-refractivity contribution in [2.45, 2.75) is 148 Å². The van der Waals surface area contributed by atoms with Gasteiger partial charge in [-0.3, -0.25) is 4.98 Å². The Morgan fingerprint density at radius 3 is 2.33 bits per heavy atom. The topological polar surface area (TPSA) is 131 Å². The molecular formula is C38H62IN7O4Si2. The molecule has 0 unspecified atom stereocenters.